The van der Waals surface area contributed by atoms with Crippen molar-refractivity contribution in [3.8, 4) is 12.3 Å². The highest BCUT2D eigenvalue weighted by molar-refractivity contribution is 5.69. The van der Waals surface area contributed by atoms with Crippen molar-refractivity contribution in [3.05, 3.63) is 35.1 Å². The summed E-state index contributed by atoms with van der Waals surface area (Å²) in [5, 5.41) is 8.67. The molecule has 3 nitrogen and oxygen atoms in total. The van der Waals surface area contributed by atoms with Gasteiger partial charge in [-0.05, 0) is 17.7 Å². The predicted octanol–water partition coefficient (Wildman–Crippen LogP) is 2.36. The number of alkyl halides is 3. The van der Waals surface area contributed by atoms with Gasteiger partial charge in [-0.3, -0.25) is 9.69 Å². The molecule has 0 fully saturated rings. The molecule has 0 spiro atoms. The Bertz CT molecular complexity index is 534. The number of terminal acetylenes is 1. The molecule has 1 aromatic rings. The van der Waals surface area contributed by atoms with E-state index in [9.17, 15) is 22.4 Å². The summed E-state index contributed by atoms with van der Waals surface area (Å²) in [6.07, 6.45) is 0.256. The van der Waals surface area contributed by atoms with Crippen molar-refractivity contribution in [2.45, 2.75) is 12.7 Å². The molecule has 0 aliphatic heterocycles. The fourth-order valence-corrected chi connectivity index (χ4v) is 1.63. The van der Waals surface area contributed by atoms with E-state index >= 15 is 0 Å². The Morgan fingerprint density at radius 3 is 2.55 bits per heavy atom. The van der Waals surface area contributed by atoms with E-state index in [2.05, 4.69) is 5.92 Å². The SMILES string of the molecule is C#CCN(CC(=O)O)Cc1ccc(F)c(C(F)(F)F)c1. The molecule has 0 saturated heterocycles. The van der Waals surface area contributed by atoms with Crippen LogP contribution in [0.25, 0.3) is 0 Å². The van der Waals surface area contributed by atoms with Crippen LogP contribution in [-0.4, -0.2) is 29.1 Å². The van der Waals surface area contributed by atoms with Crippen molar-refractivity contribution >= 4 is 5.97 Å². The van der Waals surface area contributed by atoms with Gasteiger partial charge in [0.2, 0.25) is 0 Å². The van der Waals surface area contributed by atoms with E-state index in [0.717, 1.165) is 6.07 Å². The first-order chi connectivity index (χ1) is 9.24. The zero-order chi connectivity index (χ0) is 15.3. The number of hydrogen-bond acceptors (Lipinski definition) is 2. The number of halogens is 4. The minimum Gasteiger partial charge on any atom is -0.480 e. The molecule has 7 heteroatoms. The summed E-state index contributed by atoms with van der Waals surface area (Å²) in [5.74, 6) is -0.311. The Morgan fingerprint density at radius 2 is 2.05 bits per heavy atom. The van der Waals surface area contributed by atoms with Crippen LogP contribution in [0.3, 0.4) is 0 Å². The normalized spacial score (nSPS) is 11.4. The largest absolute Gasteiger partial charge is 0.480 e. The lowest BCUT2D eigenvalue weighted by Gasteiger charge is -2.18. The van der Waals surface area contributed by atoms with Crippen molar-refractivity contribution in [1.82, 2.24) is 4.90 Å². The monoisotopic (exact) mass is 289 g/mol. The highest BCUT2D eigenvalue weighted by Gasteiger charge is 2.34. The zero-order valence-electron chi connectivity index (χ0n) is 10.2. The standard InChI is InChI=1S/C13H11F4NO2/c1-2-5-18(8-12(19)20)7-9-3-4-11(14)10(6-9)13(15,16)17/h1,3-4,6H,5,7-8H2,(H,19,20). The minimum absolute atomic E-state index is 0.0367. The van der Waals surface area contributed by atoms with Crippen molar-refractivity contribution < 1.29 is 27.5 Å². The lowest BCUT2D eigenvalue weighted by molar-refractivity contribution is -0.140. The van der Waals surface area contributed by atoms with Gasteiger partial charge in [0.05, 0.1) is 18.7 Å². The van der Waals surface area contributed by atoms with Gasteiger partial charge in [0, 0.05) is 6.54 Å². The highest BCUT2D eigenvalue weighted by atomic mass is 19.4. The van der Waals surface area contributed by atoms with Gasteiger partial charge in [-0.2, -0.15) is 13.2 Å². The molecular weight excluding hydrogens is 278 g/mol. The summed E-state index contributed by atoms with van der Waals surface area (Å²) in [6, 6.07) is 2.52. The lowest BCUT2D eigenvalue weighted by Crippen LogP contribution is -2.29. The van der Waals surface area contributed by atoms with Crippen molar-refractivity contribution in [2.75, 3.05) is 13.1 Å². The topological polar surface area (TPSA) is 40.5 Å². The van der Waals surface area contributed by atoms with Crippen LogP contribution in [-0.2, 0) is 17.5 Å². The second-order valence-corrected chi connectivity index (χ2v) is 4.05. The van der Waals surface area contributed by atoms with Crippen LogP contribution in [0.1, 0.15) is 11.1 Å². The molecule has 1 aromatic carbocycles. The maximum Gasteiger partial charge on any atom is 0.419 e. The Hall–Kier alpha value is -2.07. The van der Waals surface area contributed by atoms with E-state index in [-0.39, 0.29) is 18.7 Å². The average Bonchev–Trinajstić information content (AvgIpc) is 2.29. The lowest BCUT2D eigenvalue weighted by atomic mass is 10.1. The number of carboxylic acids is 1. The molecule has 108 valence electrons. The van der Waals surface area contributed by atoms with Gasteiger partial charge in [0.25, 0.3) is 0 Å². The fourth-order valence-electron chi connectivity index (χ4n) is 1.63. The van der Waals surface area contributed by atoms with Gasteiger partial charge in [-0.25, -0.2) is 4.39 Å². The van der Waals surface area contributed by atoms with Crippen LogP contribution in [0.5, 0.6) is 0 Å². The van der Waals surface area contributed by atoms with Gasteiger partial charge in [-0.1, -0.05) is 12.0 Å². The Labute approximate surface area is 112 Å². The molecule has 1 rings (SSSR count). The molecule has 0 aliphatic carbocycles. The third kappa shape index (κ3) is 4.55. The summed E-state index contributed by atoms with van der Waals surface area (Å²) in [7, 11) is 0. The average molecular weight is 289 g/mol. The number of benzene rings is 1. The van der Waals surface area contributed by atoms with Crippen molar-refractivity contribution in [1.29, 1.82) is 0 Å². The third-order valence-electron chi connectivity index (χ3n) is 2.42. The third-order valence-corrected chi connectivity index (χ3v) is 2.42. The summed E-state index contributed by atoms with van der Waals surface area (Å²) in [5.41, 5.74) is -1.25. The highest BCUT2D eigenvalue weighted by Crippen LogP contribution is 2.32. The zero-order valence-corrected chi connectivity index (χ0v) is 10.2. The fraction of sp³-hybridized carbons (Fsp3) is 0.308. The van der Waals surface area contributed by atoms with Crippen LogP contribution in [0.2, 0.25) is 0 Å². The number of aliphatic carboxylic acids is 1. The molecule has 0 amide bonds. The first kappa shape index (κ1) is 16.0. The maximum atomic E-state index is 13.1. The van der Waals surface area contributed by atoms with E-state index in [4.69, 9.17) is 11.5 Å². The second-order valence-electron chi connectivity index (χ2n) is 4.05. The Morgan fingerprint density at radius 1 is 1.40 bits per heavy atom. The Kier molecular flexibility index (Phi) is 5.11. The molecule has 0 unspecified atom stereocenters. The van der Waals surface area contributed by atoms with Crippen LogP contribution in [0.15, 0.2) is 18.2 Å². The van der Waals surface area contributed by atoms with Crippen LogP contribution >= 0.6 is 0 Å². The van der Waals surface area contributed by atoms with Crippen LogP contribution in [0, 0.1) is 18.2 Å². The number of hydrogen-bond donors (Lipinski definition) is 1. The molecular formula is C13H11F4NO2. The summed E-state index contributed by atoms with van der Waals surface area (Å²) < 4.78 is 50.7. The minimum atomic E-state index is -4.80. The van der Waals surface area contributed by atoms with Gasteiger partial charge in [-0.15, -0.1) is 6.42 Å². The Balaban J connectivity index is 2.97. The second kappa shape index (κ2) is 6.39. The molecule has 0 saturated carbocycles. The van der Waals surface area contributed by atoms with E-state index in [1.54, 1.807) is 0 Å². The van der Waals surface area contributed by atoms with Gasteiger partial charge in [0.1, 0.15) is 5.82 Å². The molecule has 1 N–H and O–H groups in total. The van der Waals surface area contributed by atoms with E-state index < -0.39 is 30.1 Å². The molecule has 0 radical (unpaired) electrons. The first-order valence-corrected chi connectivity index (χ1v) is 5.47. The van der Waals surface area contributed by atoms with Gasteiger partial charge < -0.3 is 5.11 Å². The van der Waals surface area contributed by atoms with Crippen molar-refractivity contribution in [2.24, 2.45) is 0 Å². The summed E-state index contributed by atoms with van der Waals surface area (Å²) in [6.45, 7) is -0.562. The molecule has 0 heterocycles. The number of carbonyl (C=O) groups is 1. The molecule has 0 bridgehead atoms. The van der Waals surface area contributed by atoms with Gasteiger partial charge >= 0.3 is 12.1 Å². The summed E-state index contributed by atoms with van der Waals surface area (Å²) in [4.78, 5) is 11.9. The first-order valence-electron chi connectivity index (χ1n) is 5.47. The number of rotatable bonds is 5. The van der Waals surface area contributed by atoms with Crippen LogP contribution < -0.4 is 0 Å². The van der Waals surface area contributed by atoms with E-state index in [1.807, 2.05) is 0 Å². The molecule has 20 heavy (non-hydrogen) atoms. The summed E-state index contributed by atoms with van der Waals surface area (Å²) >= 11 is 0. The van der Waals surface area contributed by atoms with Gasteiger partial charge in [0.15, 0.2) is 0 Å². The smallest absolute Gasteiger partial charge is 0.419 e. The number of carboxylic acid groups (broad SMARTS) is 1. The molecule has 0 aliphatic rings. The van der Waals surface area contributed by atoms with Crippen molar-refractivity contribution in [3.63, 3.8) is 0 Å². The van der Waals surface area contributed by atoms with E-state index in [1.165, 1.54) is 4.90 Å². The predicted molar refractivity (Wildman–Crippen MR) is 63.1 cm³/mol. The quantitative estimate of drug-likeness (QED) is 0.668. The number of nitrogens with zero attached hydrogens (tertiary/aromatic N) is 1. The molecule has 0 aromatic heterocycles. The molecule has 0 atom stereocenters. The van der Waals surface area contributed by atoms with E-state index in [0.29, 0.717) is 12.1 Å². The van der Waals surface area contributed by atoms with Crippen LogP contribution in [0.4, 0.5) is 17.6 Å². The maximum absolute atomic E-state index is 13.1.